The molecule has 1 aromatic heterocycles. The van der Waals surface area contributed by atoms with Gasteiger partial charge in [0.2, 0.25) is 5.95 Å². The molecule has 3 N–H and O–H groups in total. The predicted molar refractivity (Wildman–Crippen MR) is 113 cm³/mol. The Bertz CT molecular complexity index is 1210. The molecule has 0 bridgehead atoms. The van der Waals surface area contributed by atoms with Crippen molar-refractivity contribution >= 4 is 27.2 Å². The van der Waals surface area contributed by atoms with E-state index in [1.165, 1.54) is 12.3 Å². The van der Waals surface area contributed by atoms with Gasteiger partial charge in [0.15, 0.2) is 0 Å². The first-order chi connectivity index (χ1) is 13.8. The lowest BCUT2D eigenvalue weighted by Crippen LogP contribution is -2.03. The van der Waals surface area contributed by atoms with Crippen LogP contribution in [0.2, 0.25) is 0 Å². The molecule has 2 aromatic carbocycles. The molecule has 3 rings (SSSR count). The summed E-state index contributed by atoms with van der Waals surface area (Å²) in [7, 11) is -1.01. The third kappa shape index (κ3) is 5.09. The molecule has 0 amide bonds. The van der Waals surface area contributed by atoms with Crippen LogP contribution in [0.5, 0.6) is 0 Å². The number of hydrogen-bond acceptors (Lipinski definition) is 6. The number of hydrogen-bond donors (Lipinski definition) is 3. The maximum absolute atomic E-state index is 13.4. The van der Waals surface area contributed by atoms with Crippen LogP contribution >= 0.6 is 0 Å². The van der Waals surface area contributed by atoms with Gasteiger partial charge in [-0.1, -0.05) is 11.8 Å². The fourth-order valence-corrected chi connectivity index (χ4v) is 3.17. The van der Waals surface area contributed by atoms with Crippen LogP contribution in [0.15, 0.2) is 53.6 Å². The van der Waals surface area contributed by atoms with Crippen molar-refractivity contribution in [3.8, 4) is 11.8 Å². The van der Waals surface area contributed by atoms with Gasteiger partial charge in [-0.3, -0.25) is 0 Å². The Morgan fingerprint density at radius 1 is 1.14 bits per heavy atom. The molecule has 0 aliphatic heterocycles. The molecular formula is C21H20FN5OS. The van der Waals surface area contributed by atoms with Crippen LogP contribution in [0.25, 0.3) is 0 Å². The van der Waals surface area contributed by atoms with E-state index in [9.17, 15) is 8.60 Å². The minimum atomic E-state index is -2.75. The van der Waals surface area contributed by atoms with Gasteiger partial charge >= 0.3 is 0 Å². The van der Waals surface area contributed by atoms with Gasteiger partial charge in [0, 0.05) is 29.4 Å². The summed E-state index contributed by atoms with van der Waals surface area (Å²) in [6, 6.07) is 11.4. The van der Waals surface area contributed by atoms with Gasteiger partial charge in [0.05, 0.1) is 21.5 Å². The van der Waals surface area contributed by atoms with E-state index in [2.05, 4.69) is 32.4 Å². The molecule has 0 fully saturated rings. The molecule has 0 saturated heterocycles. The number of halogens is 1. The lowest BCUT2D eigenvalue weighted by molar-refractivity contribution is 0.618. The molecule has 1 atom stereocenters. The lowest BCUT2D eigenvalue weighted by Gasteiger charge is -2.09. The van der Waals surface area contributed by atoms with Crippen molar-refractivity contribution in [2.24, 2.45) is 0 Å². The minimum Gasteiger partial charge on any atom is -0.372 e. The van der Waals surface area contributed by atoms with Gasteiger partial charge in [0.1, 0.15) is 11.6 Å². The van der Waals surface area contributed by atoms with Gasteiger partial charge < -0.3 is 10.6 Å². The summed E-state index contributed by atoms with van der Waals surface area (Å²) in [5.41, 5.74) is 2.56. The number of anilines is 3. The molecular weight excluding hydrogens is 389 g/mol. The zero-order chi connectivity index (χ0) is 21.0. The summed E-state index contributed by atoms with van der Waals surface area (Å²) in [6.07, 6.45) is 2.98. The summed E-state index contributed by atoms with van der Waals surface area (Å²) < 4.78 is 32.7. The summed E-state index contributed by atoms with van der Waals surface area (Å²) in [5.74, 6) is 6.65. The van der Waals surface area contributed by atoms with Gasteiger partial charge in [-0.25, -0.2) is 18.4 Å². The Labute approximate surface area is 169 Å². The topological polar surface area (TPSA) is 90.8 Å². The largest absolute Gasteiger partial charge is 0.372 e. The Balaban J connectivity index is 1.82. The van der Waals surface area contributed by atoms with E-state index in [1.54, 1.807) is 56.6 Å². The van der Waals surface area contributed by atoms with Crippen LogP contribution in [0, 0.1) is 29.4 Å². The monoisotopic (exact) mass is 409 g/mol. The van der Waals surface area contributed by atoms with Crippen LogP contribution in [-0.2, 0) is 9.73 Å². The highest BCUT2D eigenvalue weighted by Crippen LogP contribution is 2.19. The smallest absolute Gasteiger partial charge is 0.229 e. The normalized spacial score (nSPS) is 12.4. The average Bonchev–Trinajstić information content (AvgIpc) is 2.69. The maximum Gasteiger partial charge on any atom is 0.229 e. The van der Waals surface area contributed by atoms with Crippen molar-refractivity contribution in [2.75, 3.05) is 23.9 Å². The van der Waals surface area contributed by atoms with E-state index < -0.39 is 9.73 Å². The zero-order valence-corrected chi connectivity index (χ0v) is 17.0. The van der Waals surface area contributed by atoms with Gasteiger partial charge in [-0.2, -0.15) is 4.98 Å². The van der Waals surface area contributed by atoms with Crippen molar-refractivity contribution in [1.82, 2.24) is 9.97 Å². The number of aromatic nitrogens is 2. The highest BCUT2D eigenvalue weighted by atomic mass is 32.2. The van der Waals surface area contributed by atoms with Crippen molar-refractivity contribution in [3.05, 3.63) is 71.2 Å². The number of nitrogens with one attached hydrogen (secondary N) is 3. The Kier molecular flexibility index (Phi) is 5.80. The molecule has 148 valence electrons. The van der Waals surface area contributed by atoms with E-state index in [-0.39, 0.29) is 5.82 Å². The first-order valence-corrected chi connectivity index (χ1v) is 10.7. The summed E-state index contributed by atoms with van der Waals surface area (Å²) in [4.78, 5) is 9.15. The summed E-state index contributed by atoms with van der Waals surface area (Å²) in [6.45, 7) is 1.69. The predicted octanol–water partition coefficient (Wildman–Crippen LogP) is 4.14. The highest BCUT2D eigenvalue weighted by Gasteiger charge is 2.07. The van der Waals surface area contributed by atoms with E-state index in [4.69, 9.17) is 4.78 Å². The average molecular weight is 409 g/mol. The van der Waals surface area contributed by atoms with E-state index in [0.717, 1.165) is 0 Å². The fraction of sp³-hybridized carbons (Fsp3) is 0.143. The van der Waals surface area contributed by atoms with Crippen LogP contribution in [0.3, 0.4) is 0 Å². The number of benzene rings is 2. The number of aryl methyl sites for hydroxylation is 1. The Hall–Kier alpha value is -3.44. The van der Waals surface area contributed by atoms with Gasteiger partial charge in [-0.15, -0.1) is 0 Å². The molecule has 0 radical (unpaired) electrons. The van der Waals surface area contributed by atoms with Gasteiger partial charge in [-0.05, 0) is 55.0 Å². The molecule has 0 spiro atoms. The molecule has 1 heterocycles. The molecule has 8 heteroatoms. The minimum absolute atomic E-state index is 0.262. The molecule has 0 saturated carbocycles. The first kappa shape index (κ1) is 20.3. The molecule has 6 nitrogen and oxygen atoms in total. The van der Waals surface area contributed by atoms with E-state index in [1.807, 2.05) is 0 Å². The standard InChI is InChI=1S/C21H20FN5OS/c1-14-12-15(5-11-19(14)22)4-6-16-13-25-21(27-20(16)24-2)26-17-7-9-18(10-8-17)29(3,23)28/h5,7-13,23H,1-3H3,(H2,24,25,26,27). The first-order valence-electron chi connectivity index (χ1n) is 8.70. The van der Waals surface area contributed by atoms with Crippen molar-refractivity contribution in [3.63, 3.8) is 0 Å². The van der Waals surface area contributed by atoms with Crippen LogP contribution in [0.4, 0.5) is 21.8 Å². The summed E-state index contributed by atoms with van der Waals surface area (Å²) in [5, 5.41) is 6.06. The third-order valence-electron chi connectivity index (χ3n) is 4.09. The van der Waals surface area contributed by atoms with Crippen molar-refractivity contribution in [2.45, 2.75) is 11.8 Å². The third-order valence-corrected chi connectivity index (χ3v) is 5.26. The zero-order valence-electron chi connectivity index (χ0n) is 16.2. The molecule has 0 aliphatic carbocycles. The van der Waals surface area contributed by atoms with Crippen LogP contribution in [0.1, 0.15) is 16.7 Å². The molecule has 0 aliphatic rings. The van der Waals surface area contributed by atoms with Crippen LogP contribution in [-0.4, -0.2) is 27.5 Å². The second kappa shape index (κ2) is 8.29. The SMILES string of the molecule is CNc1nc(Nc2ccc(S(C)(=N)=O)cc2)ncc1C#Cc1ccc(F)c(C)c1. The number of rotatable bonds is 4. The molecule has 1 unspecified atom stereocenters. The van der Waals surface area contributed by atoms with Crippen molar-refractivity contribution in [1.29, 1.82) is 4.78 Å². The molecule has 3 aromatic rings. The van der Waals surface area contributed by atoms with E-state index in [0.29, 0.717) is 39.0 Å². The quantitative estimate of drug-likeness (QED) is 0.563. The Morgan fingerprint density at radius 2 is 1.86 bits per heavy atom. The van der Waals surface area contributed by atoms with Crippen LogP contribution < -0.4 is 10.6 Å². The summed E-state index contributed by atoms with van der Waals surface area (Å²) >= 11 is 0. The second-order valence-corrected chi connectivity index (χ2v) is 8.57. The fourth-order valence-electron chi connectivity index (χ4n) is 2.51. The maximum atomic E-state index is 13.4. The molecule has 29 heavy (non-hydrogen) atoms. The van der Waals surface area contributed by atoms with E-state index >= 15 is 0 Å². The highest BCUT2D eigenvalue weighted by molar-refractivity contribution is 7.91. The van der Waals surface area contributed by atoms with Gasteiger partial charge in [0.25, 0.3) is 0 Å². The van der Waals surface area contributed by atoms with Crippen molar-refractivity contribution < 1.29 is 8.60 Å². The second-order valence-electron chi connectivity index (χ2n) is 6.41. The Morgan fingerprint density at radius 3 is 2.48 bits per heavy atom. The lowest BCUT2D eigenvalue weighted by atomic mass is 10.1. The number of nitrogens with zero attached hydrogens (tertiary/aromatic N) is 2.